The van der Waals surface area contributed by atoms with E-state index < -0.39 is 15.1 Å². The summed E-state index contributed by atoms with van der Waals surface area (Å²) in [7, 11) is -2.49. The lowest BCUT2D eigenvalue weighted by Gasteiger charge is -1.92. The molecule has 9 heteroatoms. The maximum absolute atomic E-state index is 10.0. The summed E-state index contributed by atoms with van der Waals surface area (Å²) < 4.78 is 19.5. The number of nitrogens with one attached hydrogen (secondary N) is 1. The summed E-state index contributed by atoms with van der Waals surface area (Å²) in [5.41, 5.74) is 0.137. The van der Waals surface area contributed by atoms with Crippen LogP contribution in [-0.2, 0) is 15.0 Å². The molecule has 0 saturated carbocycles. The van der Waals surface area contributed by atoms with E-state index in [-0.39, 0.29) is 5.69 Å². The zero-order valence-corrected chi connectivity index (χ0v) is 9.18. The van der Waals surface area contributed by atoms with Gasteiger partial charge in [0.25, 0.3) is 15.9 Å². The molecule has 8 nitrogen and oxygen atoms in total. The summed E-state index contributed by atoms with van der Waals surface area (Å²) >= 11 is 0. The van der Waals surface area contributed by atoms with Gasteiger partial charge in [-0.1, -0.05) is 23.1 Å². The third-order valence-corrected chi connectivity index (χ3v) is 1.57. The fourth-order valence-corrected chi connectivity index (χ4v) is 0.898. The van der Waals surface area contributed by atoms with Crippen LogP contribution in [0.2, 0.25) is 0 Å². The molecular weight excluding hydrogens is 238 g/mol. The Morgan fingerprint density at radius 3 is 2.06 bits per heavy atom. The van der Waals surface area contributed by atoms with E-state index in [1.807, 2.05) is 0 Å². The van der Waals surface area contributed by atoms with Crippen molar-refractivity contribution in [3.05, 3.63) is 40.4 Å². The molecule has 0 amide bonds. The van der Waals surface area contributed by atoms with Crippen LogP contribution in [0.15, 0.2) is 30.3 Å². The van der Waals surface area contributed by atoms with Gasteiger partial charge < -0.3 is 0 Å². The van der Waals surface area contributed by atoms with Gasteiger partial charge in [0.05, 0.1) is 12.0 Å². The lowest BCUT2D eigenvalue weighted by Crippen LogP contribution is -2.29. The van der Waals surface area contributed by atoms with Crippen molar-refractivity contribution in [1.82, 2.24) is 4.89 Å². The Bertz CT molecular complexity index is 419. The smallest absolute Gasteiger partial charge is 0.289 e. The lowest BCUT2D eigenvalue weighted by molar-refractivity contribution is -0.384. The van der Waals surface area contributed by atoms with Gasteiger partial charge in [0.2, 0.25) is 0 Å². The van der Waals surface area contributed by atoms with E-state index in [0.717, 1.165) is 7.11 Å². The summed E-state index contributed by atoms with van der Waals surface area (Å²) in [5, 5.41) is 14.4. The van der Waals surface area contributed by atoms with Gasteiger partial charge in [-0.25, -0.2) is 5.14 Å². The third kappa shape index (κ3) is 7.82. The SMILES string of the molecule is CONS(N)(=O)=O.O=[N+]([O-])c1ccccc1. The number of hydrogen-bond acceptors (Lipinski definition) is 5. The summed E-state index contributed by atoms with van der Waals surface area (Å²) in [6.07, 6.45) is 0. The largest absolute Gasteiger partial charge is 0.296 e. The van der Waals surface area contributed by atoms with Gasteiger partial charge in [-0.15, -0.1) is 0 Å². The second-order valence-corrected chi connectivity index (χ2v) is 3.68. The maximum atomic E-state index is 10.0. The molecule has 0 fully saturated rings. The van der Waals surface area contributed by atoms with Crippen molar-refractivity contribution >= 4 is 15.9 Å². The van der Waals surface area contributed by atoms with Crippen LogP contribution in [0.4, 0.5) is 5.69 Å². The average molecular weight is 249 g/mol. The predicted molar refractivity (Wildman–Crippen MR) is 56.3 cm³/mol. The highest BCUT2D eigenvalue weighted by Crippen LogP contribution is 2.06. The van der Waals surface area contributed by atoms with E-state index in [2.05, 4.69) is 9.98 Å². The van der Waals surface area contributed by atoms with E-state index in [9.17, 15) is 18.5 Å². The maximum Gasteiger partial charge on any atom is 0.296 e. The van der Waals surface area contributed by atoms with Crippen molar-refractivity contribution in [2.24, 2.45) is 5.14 Å². The summed E-state index contributed by atoms with van der Waals surface area (Å²) in [4.78, 5) is 15.1. The Labute approximate surface area is 92.3 Å². The average Bonchev–Trinajstić information content (AvgIpc) is 2.18. The first kappa shape index (κ1) is 14.5. The number of nitrogens with zero attached hydrogens (tertiary/aromatic N) is 1. The molecule has 1 aromatic carbocycles. The molecule has 0 aliphatic carbocycles. The molecule has 1 aromatic rings. The van der Waals surface area contributed by atoms with Crippen molar-refractivity contribution < 1.29 is 18.2 Å². The Hall–Kier alpha value is -1.55. The second-order valence-electron chi connectivity index (χ2n) is 2.43. The lowest BCUT2D eigenvalue weighted by atomic mass is 10.3. The van der Waals surface area contributed by atoms with E-state index in [4.69, 9.17) is 0 Å². The molecular formula is C7H11N3O5S. The molecule has 0 bridgehead atoms. The molecule has 0 aliphatic rings. The van der Waals surface area contributed by atoms with Crippen molar-refractivity contribution in [2.45, 2.75) is 0 Å². The Morgan fingerprint density at radius 2 is 1.88 bits per heavy atom. The van der Waals surface area contributed by atoms with E-state index >= 15 is 0 Å². The molecule has 90 valence electrons. The zero-order valence-electron chi connectivity index (χ0n) is 8.36. The molecule has 3 N–H and O–H groups in total. The van der Waals surface area contributed by atoms with E-state index in [0.29, 0.717) is 0 Å². The van der Waals surface area contributed by atoms with Gasteiger partial charge in [-0.3, -0.25) is 15.0 Å². The molecule has 0 atom stereocenters. The molecule has 1 rings (SSSR count). The molecule has 0 heterocycles. The van der Waals surface area contributed by atoms with Gasteiger partial charge in [0.1, 0.15) is 0 Å². The number of benzene rings is 1. The topological polar surface area (TPSA) is 125 Å². The van der Waals surface area contributed by atoms with Gasteiger partial charge in [-0.05, 0) is 0 Å². The molecule has 0 saturated heterocycles. The normalized spacial score (nSPS) is 10.1. The van der Waals surface area contributed by atoms with Crippen LogP contribution in [0.25, 0.3) is 0 Å². The van der Waals surface area contributed by atoms with Crippen LogP contribution in [0.5, 0.6) is 0 Å². The molecule has 0 unspecified atom stereocenters. The minimum Gasteiger partial charge on any atom is -0.289 e. The Morgan fingerprint density at radius 1 is 1.38 bits per heavy atom. The van der Waals surface area contributed by atoms with Crippen LogP contribution < -0.4 is 10.0 Å². The van der Waals surface area contributed by atoms with Crippen molar-refractivity contribution in [3.63, 3.8) is 0 Å². The fourth-order valence-electron chi connectivity index (χ4n) is 0.666. The first-order valence-electron chi connectivity index (χ1n) is 3.88. The minimum absolute atomic E-state index is 0.137. The highest BCUT2D eigenvalue weighted by molar-refractivity contribution is 7.87. The first-order valence-corrected chi connectivity index (χ1v) is 5.43. The minimum atomic E-state index is -3.65. The monoisotopic (exact) mass is 249 g/mol. The molecule has 0 spiro atoms. The van der Waals surface area contributed by atoms with Crippen LogP contribution >= 0.6 is 0 Å². The molecule has 0 aromatic heterocycles. The van der Waals surface area contributed by atoms with Crippen LogP contribution in [-0.4, -0.2) is 20.5 Å². The number of nitro groups is 1. The highest BCUT2D eigenvalue weighted by atomic mass is 32.2. The highest BCUT2D eigenvalue weighted by Gasteiger charge is 1.98. The van der Waals surface area contributed by atoms with Crippen molar-refractivity contribution in [2.75, 3.05) is 7.11 Å². The number of rotatable bonds is 3. The van der Waals surface area contributed by atoms with Crippen LogP contribution in [0.1, 0.15) is 0 Å². The van der Waals surface area contributed by atoms with Gasteiger partial charge in [-0.2, -0.15) is 8.42 Å². The van der Waals surface area contributed by atoms with Crippen LogP contribution in [0, 0.1) is 10.1 Å². The summed E-state index contributed by atoms with van der Waals surface area (Å²) in [6.45, 7) is 0. The van der Waals surface area contributed by atoms with Gasteiger partial charge in [0.15, 0.2) is 0 Å². The zero-order chi connectivity index (χ0) is 12.6. The van der Waals surface area contributed by atoms with E-state index in [1.54, 1.807) is 18.2 Å². The molecule has 0 radical (unpaired) electrons. The molecule has 0 aliphatic heterocycles. The van der Waals surface area contributed by atoms with Crippen LogP contribution in [0.3, 0.4) is 0 Å². The Kier molecular flexibility index (Phi) is 6.18. The number of hydrogen-bond donors (Lipinski definition) is 2. The standard InChI is InChI=1S/C6H5NO2.CH6N2O3S/c8-7(9)6-4-2-1-3-5-6;1-6-3-7(2,4)5/h1-5H;3H,1H3,(H2,2,4,5). The van der Waals surface area contributed by atoms with Gasteiger partial charge >= 0.3 is 0 Å². The quantitative estimate of drug-likeness (QED) is 0.573. The van der Waals surface area contributed by atoms with Crippen molar-refractivity contribution in [3.8, 4) is 0 Å². The van der Waals surface area contributed by atoms with Crippen molar-refractivity contribution in [1.29, 1.82) is 0 Å². The van der Waals surface area contributed by atoms with E-state index in [1.165, 1.54) is 17.0 Å². The molecule has 16 heavy (non-hydrogen) atoms. The van der Waals surface area contributed by atoms with Gasteiger partial charge in [0, 0.05) is 12.1 Å². The number of para-hydroxylation sites is 1. The Balaban J connectivity index is 0.000000293. The predicted octanol–water partition coefficient (Wildman–Crippen LogP) is -0.0643. The fraction of sp³-hybridized carbons (Fsp3) is 0.143. The summed E-state index contributed by atoms with van der Waals surface area (Å²) in [6, 6.07) is 7.93. The summed E-state index contributed by atoms with van der Waals surface area (Å²) in [5.74, 6) is 0. The number of nitrogens with two attached hydrogens (primary N) is 1. The third-order valence-electron chi connectivity index (χ3n) is 1.17. The number of non-ortho nitro benzene ring substituents is 1. The first-order chi connectivity index (χ1) is 7.37. The number of nitro benzene ring substituents is 1. The second kappa shape index (κ2) is 6.85.